The van der Waals surface area contributed by atoms with E-state index in [1.54, 1.807) is 12.1 Å². The summed E-state index contributed by atoms with van der Waals surface area (Å²) in [5.41, 5.74) is 0.311. The minimum absolute atomic E-state index is 0.0150. The van der Waals surface area contributed by atoms with E-state index in [0.717, 1.165) is 12.8 Å². The van der Waals surface area contributed by atoms with Crippen molar-refractivity contribution < 1.29 is 9.59 Å². The Hall–Kier alpha value is -1.26. The lowest BCUT2D eigenvalue weighted by Gasteiger charge is -2.22. The molecule has 0 spiro atoms. The van der Waals surface area contributed by atoms with Gasteiger partial charge in [-0.05, 0) is 37.0 Å². The Morgan fingerprint density at radius 1 is 1.24 bits per heavy atom. The lowest BCUT2D eigenvalue weighted by molar-refractivity contribution is -0.124. The molecular weight excluding hydrogens is 311 g/mol. The summed E-state index contributed by atoms with van der Waals surface area (Å²) in [5, 5.41) is 6.39. The molecule has 0 radical (unpaired) electrons. The summed E-state index contributed by atoms with van der Waals surface area (Å²) in [6.07, 6.45) is 2.01. The fourth-order valence-electron chi connectivity index (χ4n) is 1.95. The van der Waals surface area contributed by atoms with Gasteiger partial charge < -0.3 is 10.6 Å². The number of nitrogens with one attached hydrogen (secondary N) is 2. The van der Waals surface area contributed by atoms with Crippen molar-refractivity contribution in [3.8, 4) is 0 Å². The van der Waals surface area contributed by atoms with Crippen LogP contribution < -0.4 is 10.6 Å². The molecule has 0 aliphatic heterocycles. The molecule has 114 valence electrons. The summed E-state index contributed by atoms with van der Waals surface area (Å²) in [6, 6.07) is 4.33. The van der Waals surface area contributed by atoms with Crippen LogP contribution in [0.2, 0.25) is 10.0 Å². The van der Waals surface area contributed by atoms with Gasteiger partial charge >= 0.3 is 0 Å². The van der Waals surface area contributed by atoms with Crippen LogP contribution in [0.15, 0.2) is 18.2 Å². The molecule has 0 saturated heterocycles. The van der Waals surface area contributed by atoms with Crippen molar-refractivity contribution in [3.05, 3.63) is 33.8 Å². The molecule has 0 bridgehead atoms. The molecule has 1 saturated carbocycles. The van der Waals surface area contributed by atoms with Crippen LogP contribution in [0.1, 0.15) is 37.0 Å². The van der Waals surface area contributed by atoms with E-state index in [4.69, 9.17) is 23.2 Å². The quantitative estimate of drug-likeness (QED) is 0.872. The third-order valence-corrected chi connectivity index (χ3v) is 3.88. The maximum atomic E-state index is 12.3. The molecular formula is C15H18Cl2N2O2. The Balaban J connectivity index is 2.08. The largest absolute Gasteiger partial charge is 0.352 e. The van der Waals surface area contributed by atoms with Gasteiger partial charge in [0, 0.05) is 11.1 Å². The fraction of sp³-hybridized carbons (Fsp3) is 0.467. The molecule has 6 heteroatoms. The summed E-state index contributed by atoms with van der Waals surface area (Å²) in [7, 11) is 0. The standard InChI is InChI=1S/C15H18Cl2N2O2/c1-8(2)13(15(21)18-10-4-5-10)19-14(20)11-6-3-9(16)7-12(11)17/h3,6-8,10,13H,4-5H2,1-2H3,(H,18,21)(H,19,20)/t13-/m0/s1. The monoisotopic (exact) mass is 328 g/mol. The van der Waals surface area contributed by atoms with Crippen molar-refractivity contribution in [2.45, 2.75) is 38.8 Å². The van der Waals surface area contributed by atoms with Gasteiger partial charge in [-0.15, -0.1) is 0 Å². The molecule has 1 fully saturated rings. The van der Waals surface area contributed by atoms with Crippen LogP contribution in [0.4, 0.5) is 0 Å². The maximum absolute atomic E-state index is 12.3. The smallest absolute Gasteiger partial charge is 0.253 e. The second kappa shape index (κ2) is 6.67. The van der Waals surface area contributed by atoms with Crippen LogP contribution in [0.25, 0.3) is 0 Å². The van der Waals surface area contributed by atoms with Crippen molar-refractivity contribution in [1.82, 2.24) is 10.6 Å². The van der Waals surface area contributed by atoms with Crippen LogP contribution in [-0.2, 0) is 4.79 Å². The van der Waals surface area contributed by atoms with Gasteiger partial charge in [-0.2, -0.15) is 0 Å². The van der Waals surface area contributed by atoms with Gasteiger partial charge in [-0.3, -0.25) is 9.59 Å². The maximum Gasteiger partial charge on any atom is 0.253 e. The van der Waals surface area contributed by atoms with E-state index in [2.05, 4.69) is 10.6 Å². The Morgan fingerprint density at radius 2 is 1.90 bits per heavy atom. The van der Waals surface area contributed by atoms with Gasteiger partial charge in [-0.1, -0.05) is 37.0 Å². The lowest BCUT2D eigenvalue weighted by atomic mass is 10.0. The van der Waals surface area contributed by atoms with Crippen LogP contribution in [-0.4, -0.2) is 23.9 Å². The normalized spacial score (nSPS) is 15.7. The molecule has 0 aromatic heterocycles. The first-order chi connectivity index (χ1) is 9.88. The molecule has 21 heavy (non-hydrogen) atoms. The zero-order valence-electron chi connectivity index (χ0n) is 12.0. The van der Waals surface area contributed by atoms with Gasteiger partial charge in [-0.25, -0.2) is 0 Å². The number of hydrogen-bond acceptors (Lipinski definition) is 2. The van der Waals surface area contributed by atoms with Crippen LogP contribution in [0, 0.1) is 5.92 Å². The van der Waals surface area contributed by atoms with Gasteiger partial charge in [0.05, 0.1) is 10.6 Å². The average molecular weight is 329 g/mol. The highest BCUT2D eigenvalue weighted by molar-refractivity contribution is 6.36. The summed E-state index contributed by atoms with van der Waals surface area (Å²) >= 11 is 11.8. The number of halogens is 2. The zero-order chi connectivity index (χ0) is 15.6. The topological polar surface area (TPSA) is 58.2 Å². The molecule has 1 aliphatic rings. The molecule has 1 aliphatic carbocycles. The number of carbonyl (C=O) groups excluding carboxylic acids is 2. The van der Waals surface area contributed by atoms with Crippen molar-refractivity contribution in [1.29, 1.82) is 0 Å². The number of hydrogen-bond donors (Lipinski definition) is 2. The molecule has 4 nitrogen and oxygen atoms in total. The van der Waals surface area contributed by atoms with Crippen LogP contribution >= 0.6 is 23.2 Å². The molecule has 1 aromatic rings. The Labute approximate surface area is 134 Å². The summed E-state index contributed by atoms with van der Waals surface area (Å²) < 4.78 is 0. The molecule has 1 atom stereocenters. The Morgan fingerprint density at radius 3 is 2.43 bits per heavy atom. The van der Waals surface area contributed by atoms with Crippen molar-refractivity contribution in [3.63, 3.8) is 0 Å². The SMILES string of the molecule is CC(C)[C@H](NC(=O)c1ccc(Cl)cc1Cl)C(=O)NC1CC1. The van der Waals surface area contributed by atoms with Crippen molar-refractivity contribution >= 4 is 35.0 Å². The fourth-order valence-corrected chi connectivity index (χ4v) is 2.44. The summed E-state index contributed by atoms with van der Waals surface area (Å²) in [4.78, 5) is 24.4. The Kier molecular flexibility index (Phi) is 5.12. The second-order valence-corrected chi connectivity index (χ2v) is 6.45. The molecule has 2 rings (SSSR count). The van der Waals surface area contributed by atoms with Crippen LogP contribution in [0.5, 0.6) is 0 Å². The number of carbonyl (C=O) groups is 2. The summed E-state index contributed by atoms with van der Waals surface area (Å²) in [6.45, 7) is 3.78. The highest BCUT2D eigenvalue weighted by Crippen LogP contribution is 2.22. The highest BCUT2D eigenvalue weighted by atomic mass is 35.5. The van der Waals surface area contributed by atoms with E-state index >= 15 is 0 Å². The lowest BCUT2D eigenvalue weighted by Crippen LogP contribution is -2.50. The van der Waals surface area contributed by atoms with E-state index in [1.807, 2.05) is 13.8 Å². The van der Waals surface area contributed by atoms with Crippen molar-refractivity contribution in [2.75, 3.05) is 0 Å². The minimum Gasteiger partial charge on any atom is -0.352 e. The van der Waals surface area contributed by atoms with E-state index in [0.29, 0.717) is 10.6 Å². The molecule has 0 unspecified atom stereocenters. The van der Waals surface area contributed by atoms with E-state index in [-0.39, 0.29) is 28.8 Å². The predicted molar refractivity (Wildman–Crippen MR) is 83.7 cm³/mol. The van der Waals surface area contributed by atoms with Gasteiger partial charge in [0.15, 0.2) is 0 Å². The zero-order valence-corrected chi connectivity index (χ0v) is 13.5. The van der Waals surface area contributed by atoms with Gasteiger partial charge in [0.1, 0.15) is 6.04 Å². The first kappa shape index (κ1) is 16.1. The summed E-state index contributed by atoms with van der Waals surface area (Å²) in [5.74, 6) is -0.536. The number of benzene rings is 1. The average Bonchev–Trinajstić information content (AvgIpc) is 3.18. The van der Waals surface area contributed by atoms with Gasteiger partial charge in [0.25, 0.3) is 5.91 Å². The number of amides is 2. The first-order valence-corrected chi connectivity index (χ1v) is 7.70. The highest BCUT2D eigenvalue weighted by Gasteiger charge is 2.30. The molecule has 1 aromatic carbocycles. The van der Waals surface area contributed by atoms with E-state index in [1.165, 1.54) is 6.07 Å². The number of rotatable bonds is 5. The molecule has 2 amide bonds. The molecule has 0 heterocycles. The third kappa shape index (κ3) is 4.35. The minimum atomic E-state index is -0.579. The third-order valence-electron chi connectivity index (χ3n) is 3.34. The van der Waals surface area contributed by atoms with Crippen molar-refractivity contribution in [2.24, 2.45) is 5.92 Å². The predicted octanol–water partition coefficient (Wildman–Crippen LogP) is 3.03. The second-order valence-electron chi connectivity index (χ2n) is 5.60. The van der Waals surface area contributed by atoms with E-state index < -0.39 is 6.04 Å². The molecule has 2 N–H and O–H groups in total. The van der Waals surface area contributed by atoms with E-state index in [9.17, 15) is 9.59 Å². The Bertz CT molecular complexity index is 557. The first-order valence-electron chi connectivity index (χ1n) is 6.94. The van der Waals surface area contributed by atoms with Crippen LogP contribution in [0.3, 0.4) is 0 Å². The van der Waals surface area contributed by atoms with Gasteiger partial charge in [0.2, 0.25) is 5.91 Å².